The van der Waals surface area contributed by atoms with Crippen LogP contribution in [0.4, 0.5) is 5.69 Å². The molecule has 192 valence electrons. The first-order valence-corrected chi connectivity index (χ1v) is 13.3. The maximum absolute atomic E-state index is 13.0. The number of hydrogen-bond donors (Lipinski definition) is 0. The molecule has 0 unspecified atom stereocenters. The number of rotatable bonds is 6. The fraction of sp³-hybridized carbons (Fsp3) is 0.357. The Kier molecular flexibility index (Phi) is 9.41. The number of piperazine rings is 1. The summed E-state index contributed by atoms with van der Waals surface area (Å²) in [4.78, 5) is 30.3. The van der Waals surface area contributed by atoms with Crippen LogP contribution in [0.2, 0.25) is 0 Å². The van der Waals surface area contributed by atoms with Crippen molar-refractivity contribution in [2.24, 2.45) is 5.41 Å². The number of methoxy groups -OCH3 is 2. The first-order valence-electron chi connectivity index (χ1n) is 11.7. The second-order valence-electron chi connectivity index (χ2n) is 9.46. The van der Waals surface area contributed by atoms with Gasteiger partial charge in [-0.25, -0.2) is 9.59 Å². The van der Waals surface area contributed by atoms with Gasteiger partial charge in [0.1, 0.15) is 0 Å². The zero-order valence-corrected chi connectivity index (χ0v) is 24.5. The van der Waals surface area contributed by atoms with Crippen molar-refractivity contribution in [1.29, 1.82) is 0 Å². The highest BCUT2D eigenvalue weighted by atomic mass is 79.9. The Balaban J connectivity index is 2.15. The summed E-state index contributed by atoms with van der Waals surface area (Å²) < 4.78 is 11.8. The van der Waals surface area contributed by atoms with Crippen LogP contribution in [0.3, 0.4) is 0 Å². The lowest BCUT2D eigenvalue weighted by Gasteiger charge is -2.40. The number of carbonyl (C=O) groups excluding carboxylic acids is 2. The topological polar surface area (TPSA) is 59.1 Å². The van der Waals surface area contributed by atoms with Gasteiger partial charge in [-0.2, -0.15) is 0 Å². The lowest BCUT2D eigenvalue weighted by Crippen LogP contribution is -2.47. The maximum Gasteiger partial charge on any atom is 0.347 e. The quantitative estimate of drug-likeness (QED) is 0.130. The van der Waals surface area contributed by atoms with Crippen LogP contribution >= 0.6 is 31.9 Å². The molecule has 3 rings (SSSR count). The Labute approximate surface area is 230 Å². The van der Waals surface area contributed by atoms with E-state index in [2.05, 4.69) is 74.6 Å². The fourth-order valence-electron chi connectivity index (χ4n) is 4.34. The Morgan fingerprint density at radius 1 is 0.833 bits per heavy atom. The molecule has 0 N–H and O–H groups in total. The molecule has 1 aliphatic heterocycles. The number of halogens is 2. The molecule has 0 bridgehead atoms. The number of benzene rings is 2. The summed E-state index contributed by atoms with van der Waals surface area (Å²) in [6.45, 7) is 8.96. The minimum absolute atomic E-state index is 0.123. The summed E-state index contributed by atoms with van der Waals surface area (Å²) in [5.74, 6) is -1.46. The lowest BCUT2D eigenvalue weighted by molar-refractivity contribution is -0.144. The van der Waals surface area contributed by atoms with Crippen molar-refractivity contribution in [3.63, 3.8) is 0 Å². The van der Waals surface area contributed by atoms with Gasteiger partial charge in [-0.05, 0) is 56.7 Å². The Morgan fingerprint density at radius 2 is 1.36 bits per heavy atom. The highest BCUT2D eigenvalue weighted by Crippen LogP contribution is 2.43. The highest BCUT2D eigenvalue weighted by Gasteiger charge is 2.34. The maximum atomic E-state index is 13.0. The van der Waals surface area contributed by atoms with Gasteiger partial charge in [0.15, 0.2) is 5.57 Å². The van der Waals surface area contributed by atoms with Crippen LogP contribution in [0, 0.1) is 5.41 Å². The van der Waals surface area contributed by atoms with E-state index in [0.717, 1.165) is 34.4 Å². The van der Waals surface area contributed by atoms with Crippen molar-refractivity contribution in [3.8, 4) is 0 Å². The van der Waals surface area contributed by atoms with E-state index in [0.29, 0.717) is 23.3 Å². The van der Waals surface area contributed by atoms with E-state index < -0.39 is 11.9 Å². The standard InChI is InChI=1S/C28H32Br2N2O4/c1-28(2,3)23(19-9-7-6-8-10-19)24(30)25(22(26(33)35-4)27(34)36-5)32-17-15-31(16-18-32)21-13-11-20(29)12-14-21/h6-14H,15-18H2,1-5H3/b24-23+. The molecule has 36 heavy (non-hydrogen) atoms. The van der Waals surface area contributed by atoms with Crippen LogP contribution in [0.15, 0.2) is 74.8 Å². The highest BCUT2D eigenvalue weighted by molar-refractivity contribution is 9.12. The number of esters is 2. The van der Waals surface area contributed by atoms with Crippen molar-refractivity contribution < 1.29 is 19.1 Å². The number of anilines is 1. The molecule has 1 fully saturated rings. The van der Waals surface area contributed by atoms with Crippen LogP contribution < -0.4 is 4.90 Å². The molecule has 0 atom stereocenters. The molecule has 8 heteroatoms. The number of allylic oxidation sites excluding steroid dienone is 2. The molecular formula is C28H32Br2N2O4. The van der Waals surface area contributed by atoms with E-state index in [1.54, 1.807) is 0 Å². The Morgan fingerprint density at radius 3 is 1.83 bits per heavy atom. The second-order valence-corrected chi connectivity index (χ2v) is 11.2. The van der Waals surface area contributed by atoms with Crippen molar-refractivity contribution in [3.05, 3.63) is 80.4 Å². The van der Waals surface area contributed by atoms with Crippen LogP contribution in [-0.4, -0.2) is 57.2 Å². The molecule has 6 nitrogen and oxygen atoms in total. The van der Waals surface area contributed by atoms with Crippen molar-refractivity contribution in [2.75, 3.05) is 45.3 Å². The molecule has 0 radical (unpaired) electrons. The summed E-state index contributed by atoms with van der Waals surface area (Å²) in [6.07, 6.45) is 0. The average Bonchev–Trinajstić information content (AvgIpc) is 2.87. The molecule has 2 aromatic rings. The van der Waals surface area contributed by atoms with E-state index in [9.17, 15) is 9.59 Å². The molecule has 1 heterocycles. The molecule has 0 aromatic heterocycles. The lowest BCUT2D eigenvalue weighted by atomic mass is 9.81. The van der Waals surface area contributed by atoms with Crippen LogP contribution in [0.25, 0.3) is 5.57 Å². The van der Waals surface area contributed by atoms with Crippen LogP contribution in [0.1, 0.15) is 26.3 Å². The van der Waals surface area contributed by atoms with Gasteiger partial charge in [-0.15, -0.1) is 0 Å². The number of ether oxygens (including phenoxy) is 2. The third-order valence-electron chi connectivity index (χ3n) is 6.04. The van der Waals surface area contributed by atoms with Gasteiger partial charge in [0.25, 0.3) is 0 Å². The number of carbonyl (C=O) groups is 2. The Hall–Kier alpha value is -2.58. The van der Waals surface area contributed by atoms with Gasteiger partial charge in [-0.3, -0.25) is 0 Å². The SMILES string of the molecule is COC(=O)C(C(=O)OC)=C(/C(Br)=C(/c1ccccc1)C(C)(C)C)N1CCN(c2ccc(Br)cc2)CC1. The average molecular weight is 620 g/mol. The molecular weight excluding hydrogens is 588 g/mol. The third-order valence-corrected chi connectivity index (χ3v) is 7.34. The van der Waals surface area contributed by atoms with Gasteiger partial charge < -0.3 is 19.3 Å². The zero-order valence-electron chi connectivity index (χ0n) is 21.3. The predicted molar refractivity (Wildman–Crippen MR) is 151 cm³/mol. The molecule has 2 aromatic carbocycles. The first kappa shape index (κ1) is 28.0. The summed E-state index contributed by atoms with van der Waals surface area (Å²) >= 11 is 7.32. The summed E-state index contributed by atoms with van der Waals surface area (Å²) in [5.41, 5.74) is 3.15. The monoisotopic (exact) mass is 618 g/mol. The molecule has 1 aliphatic rings. The van der Waals surface area contributed by atoms with E-state index >= 15 is 0 Å². The fourth-order valence-corrected chi connectivity index (χ4v) is 5.88. The summed E-state index contributed by atoms with van der Waals surface area (Å²) in [7, 11) is 2.54. The minimum Gasteiger partial charge on any atom is -0.465 e. The van der Waals surface area contributed by atoms with E-state index in [1.807, 2.05) is 42.5 Å². The van der Waals surface area contributed by atoms with Crippen molar-refractivity contribution in [1.82, 2.24) is 4.90 Å². The van der Waals surface area contributed by atoms with E-state index in [4.69, 9.17) is 9.47 Å². The van der Waals surface area contributed by atoms with Crippen LogP contribution in [-0.2, 0) is 19.1 Å². The molecule has 0 saturated carbocycles. The zero-order chi connectivity index (χ0) is 26.5. The second kappa shape index (κ2) is 12.1. The van der Waals surface area contributed by atoms with Crippen LogP contribution in [0.5, 0.6) is 0 Å². The van der Waals surface area contributed by atoms with Gasteiger partial charge >= 0.3 is 11.9 Å². The van der Waals surface area contributed by atoms with Gasteiger partial charge in [0, 0.05) is 40.8 Å². The molecule has 0 spiro atoms. The first-order chi connectivity index (χ1) is 17.1. The predicted octanol–water partition coefficient (Wildman–Crippen LogP) is 6.02. The van der Waals surface area contributed by atoms with Gasteiger partial charge in [-0.1, -0.05) is 67.0 Å². The van der Waals surface area contributed by atoms with Gasteiger partial charge in [0.05, 0.1) is 19.9 Å². The number of nitrogens with zero attached hydrogens (tertiary/aromatic N) is 2. The Bertz CT molecular complexity index is 1130. The minimum atomic E-state index is -0.731. The molecule has 1 saturated heterocycles. The smallest absolute Gasteiger partial charge is 0.347 e. The largest absolute Gasteiger partial charge is 0.465 e. The molecule has 0 aliphatic carbocycles. The van der Waals surface area contributed by atoms with Crippen molar-refractivity contribution in [2.45, 2.75) is 20.8 Å². The molecule has 0 amide bonds. The summed E-state index contributed by atoms with van der Waals surface area (Å²) in [6, 6.07) is 18.2. The third kappa shape index (κ3) is 6.40. The number of hydrogen-bond acceptors (Lipinski definition) is 6. The van der Waals surface area contributed by atoms with Gasteiger partial charge in [0.2, 0.25) is 0 Å². The van der Waals surface area contributed by atoms with Crippen molar-refractivity contribution >= 4 is 55.1 Å². The normalized spacial score (nSPS) is 14.6. The van der Waals surface area contributed by atoms with E-state index in [-0.39, 0.29) is 11.0 Å². The summed E-state index contributed by atoms with van der Waals surface area (Å²) in [5, 5.41) is 0. The van der Waals surface area contributed by atoms with E-state index in [1.165, 1.54) is 14.2 Å².